The van der Waals surface area contributed by atoms with E-state index in [4.69, 9.17) is 4.42 Å². The lowest BCUT2D eigenvalue weighted by molar-refractivity contribution is -0.113. The van der Waals surface area contributed by atoms with Gasteiger partial charge in [-0.15, -0.1) is 10.2 Å². The van der Waals surface area contributed by atoms with Crippen molar-refractivity contribution in [2.24, 2.45) is 0 Å². The summed E-state index contributed by atoms with van der Waals surface area (Å²) in [4.78, 5) is 23.8. The fraction of sp³-hybridized carbons (Fsp3) is 0.111. The molecule has 0 aliphatic heterocycles. The zero-order chi connectivity index (χ0) is 19.9. The predicted molar refractivity (Wildman–Crippen MR) is 97.6 cm³/mol. The molecule has 2 amide bonds. The average molecular weight is 404 g/mol. The Labute approximate surface area is 162 Å². The highest BCUT2D eigenvalue weighted by atomic mass is 32.2. The van der Waals surface area contributed by atoms with Crippen LogP contribution in [0.2, 0.25) is 0 Å². The summed E-state index contributed by atoms with van der Waals surface area (Å²) in [7, 11) is 0. The van der Waals surface area contributed by atoms with Crippen molar-refractivity contribution in [2.45, 2.75) is 11.8 Å². The molecule has 0 saturated heterocycles. The van der Waals surface area contributed by atoms with Crippen molar-refractivity contribution in [3.63, 3.8) is 0 Å². The highest BCUT2D eigenvalue weighted by Gasteiger charge is 2.12. The number of amides is 2. The topological polar surface area (TPSA) is 97.1 Å². The predicted octanol–water partition coefficient (Wildman–Crippen LogP) is 3.01. The standard InChI is InChI=1S/C18H14F2N4O3S/c19-12-3-1-11(2-4-12)17(26)21-9-16-23-24-18(27-16)28-10-15(25)22-14-7-5-13(20)6-8-14/h1-8H,9-10H2,(H,21,26)(H,22,25). The molecule has 0 atom stereocenters. The average Bonchev–Trinajstić information content (AvgIpc) is 3.15. The normalized spacial score (nSPS) is 10.5. The van der Waals surface area contributed by atoms with Gasteiger partial charge >= 0.3 is 0 Å². The van der Waals surface area contributed by atoms with E-state index in [2.05, 4.69) is 20.8 Å². The number of halogens is 2. The number of benzene rings is 2. The highest BCUT2D eigenvalue weighted by Crippen LogP contribution is 2.17. The van der Waals surface area contributed by atoms with Gasteiger partial charge in [-0.2, -0.15) is 0 Å². The number of nitrogens with one attached hydrogen (secondary N) is 2. The largest absolute Gasteiger partial charge is 0.414 e. The second-order valence-corrected chi connectivity index (χ2v) is 6.42. The summed E-state index contributed by atoms with van der Waals surface area (Å²) in [6, 6.07) is 10.5. The van der Waals surface area contributed by atoms with Gasteiger partial charge in [-0.05, 0) is 48.5 Å². The molecule has 0 aliphatic carbocycles. The van der Waals surface area contributed by atoms with Gasteiger partial charge in [0.15, 0.2) is 0 Å². The molecule has 0 radical (unpaired) electrons. The molecule has 0 unspecified atom stereocenters. The first-order chi connectivity index (χ1) is 13.5. The van der Waals surface area contributed by atoms with E-state index in [0.717, 1.165) is 11.8 Å². The van der Waals surface area contributed by atoms with Crippen LogP contribution >= 0.6 is 11.8 Å². The number of carbonyl (C=O) groups is 2. The Morgan fingerprint density at radius 2 is 1.61 bits per heavy atom. The van der Waals surface area contributed by atoms with Crippen LogP contribution in [0.25, 0.3) is 0 Å². The minimum absolute atomic E-state index is 0.00839. The number of carbonyl (C=O) groups excluding carboxylic acids is 2. The summed E-state index contributed by atoms with van der Waals surface area (Å²) in [6.07, 6.45) is 0. The molecule has 1 aromatic heterocycles. The number of nitrogens with zero attached hydrogens (tertiary/aromatic N) is 2. The van der Waals surface area contributed by atoms with E-state index < -0.39 is 17.5 Å². The maximum atomic E-state index is 12.9. The lowest BCUT2D eigenvalue weighted by atomic mass is 10.2. The van der Waals surface area contributed by atoms with Gasteiger partial charge in [0, 0.05) is 11.3 Å². The molecule has 2 aromatic carbocycles. The molecule has 1 heterocycles. The van der Waals surface area contributed by atoms with E-state index in [-0.39, 0.29) is 29.3 Å². The highest BCUT2D eigenvalue weighted by molar-refractivity contribution is 7.99. The van der Waals surface area contributed by atoms with Gasteiger partial charge in [-0.1, -0.05) is 11.8 Å². The monoisotopic (exact) mass is 404 g/mol. The molecule has 0 aliphatic rings. The first-order valence-corrected chi connectivity index (χ1v) is 9.02. The Hall–Kier alpha value is -3.27. The Kier molecular flexibility index (Phi) is 6.33. The lowest BCUT2D eigenvalue weighted by Gasteiger charge is -2.03. The van der Waals surface area contributed by atoms with E-state index >= 15 is 0 Å². The van der Waals surface area contributed by atoms with Gasteiger partial charge in [-0.3, -0.25) is 9.59 Å². The van der Waals surface area contributed by atoms with Crippen molar-refractivity contribution >= 4 is 29.3 Å². The zero-order valence-electron chi connectivity index (χ0n) is 14.3. The number of rotatable bonds is 7. The van der Waals surface area contributed by atoms with Crippen LogP contribution in [-0.4, -0.2) is 27.8 Å². The lowest BCUT2D eigenvalue weighted by Crippen LogP contribution is -2.22. The third kappa shape index (κ3) is 5.61. The smallest absolute Gasteiger partial charge is 0.277 e. The van der Waals surface area contributed by atoms with E-state index in [9.17, 15) is 18.4 Å². The van der Waals surface area contributed by atoms with Crippen molar-refractivity contribution in [2.75, 3.05) is 11.1 Å². The molecule has 0 fully saturated rings. The molecular formula is C18H14F2N4O3S. The molecule has 144 valence electrons. The van der Waals surface area contributed by atoms with Crippen molar-refractivity contribution in [1.29, 1.82) is 0 Å². The summed E-state index contributed by atoms with van der Waals surface area (Å²) < 4.78 is 31.0. The molecule has 28 heavy (non-hydrogen) atoms. The molecule has 3 aromatic rings. The van der Waals surface area contributed by atoms with E-state index in [1.807, 2.05) is 0 Å². The molecule has 2 N–H and O–H groups in total. The van der Waals surface area contributed by atoms with Crippen LogP contribution in [0.15, 0.2) is 58.2 Å². The number of hydrogen-bond donors (Lipinski definition) is 2. The molecular weight excluding hydrogens is 390 g/mol. The Morgan fingerprint density at radius 3 is 2.29 bits per heavy atom. The molecule has 0 spiro atoms. The summed E-state index contributed by atoms with van der Waals surface area (Å²) >= 11 is 1.02. The molecule has 7 nitrogen and oxygen atoms in total. The van der Waals surface area contributed by atoms with Gasteiger partial charge in [0.25, 0.3) is 11.1 Å². The summed E-state index contributed by atoms with van der Waals surface area (Å²) in [5, 5.41) is 12.9. The van der Waals surface area contributed by atoms with Gasteiger partial charge < -0.3 is 15.1 Å². The maximum Gasteiger partial charge on any atom is 0.277 e. The van der Waals surface area contributed by atoms with Gasteiger partial charge in [-0.25, -0.2) is 8.78 Å². The van der Waals surface area contributed by atoms with Crippen LogP contribution in [0, 0.1) is 11.6 Å². The second kappa shape index (κ2) is 9.09. The number of thioether (sulfide) groups is 1. The van der Waals surface area contributed by atoms with Crippen molar-refractivity contribution in [3.05, 3.63) is 71.6 Å². The van der Waals surface area contributed by atoms with Crippen LogP contribution in [0.4, 0.5) is 14.5 Å². The van der Waals surface area contributed by atoms with Gasteiger partial charge in [0.1, 0.15) is 11.6 Å². The molecule has 3 rings (SSSR count). The minimum atomic E-state index is -0.432. The van der Waals surface area contributed by atoms with Crippen LogP contribution in [0.1, 0.15) is 16.2 Å². The van der Waals surface area contributed by atoms with Gasteiger partial charge in [0.2, 0.25) is 11.8 Å². The Morgan fingerprint density at radius 1 is 0.964 bits per heavy atom. The fourth-order valence-electron chi connectivity index (χ4n) is 2.08. The van der Waals surface area contributed by atoms with Crippen molar-refractivity contribution < 1.29 is 22.8 Å². The van der Waals surface area contributed by atoms with Gasteiger partial charge in [0.05, 0.1) is 12.3 Å². The molecule has 10 heteroatoms. The van der Waals surface area contributed by atoms with Crippen LogP contribution in [-0.2, 0) is 11.3 Å². The summed E-state index contributed by atoms with van der Waals surface area (Å²) in [5.41, 5.74) is 0.773. The van der Waals surface area contributed by atoms with E-state index in [1.54, 1.807) is 0 Å². The minimum Gasteiger partial charge on any atom is -0.414 e. The van der Waals surface area contributed by atoms with Crippen molar-refractivity contribution in [3.8, 4) is 0 Å². The summed E-state index contributed by atoms with van der Waals surface area (Å²) in [5.74, 6) is -1.37. The third-order valence-corrected chi connectivity index (χ3v) is 4.23. The van der Waals surface area contributed by atoms with E-state index in [1.165, 1.54) is 48.5 Å². The first-order valence-electron chi connectivity index (χ1n) is 8.04. The SMILES string of the molecule is O=C(CSc1nnc(CNC(=O)c2ccc(F)cc2)o1)Nc1ccc(F)cc1. The molecule has 0 bridgehead atoms. The second-order valence-electron chi connectivity index (χ2n) is 5.50. The van der Waals surface area contributed by atoms with Crippen LogP contribution in [0.5, 0.6) is 0 Å². The first kappa shape index (κ1) is 19.5. The maximum absolute atomic E-state index is 12.9. The Bertz CT molecular complexity index is 962. The summed E-state index contributed by atoms with van der Waals surface area (Å²) in [6.45, 7) is -0.00839. The Balaban J connectivity index is 1.44. The van der Waals surface area contributed by atoms with Crippen LogP contribution < -0.4 is 10.6 Å². The number of anilines is 1. The van der Waals surface area contributed by atoms with Crippen LogP contribution in [0.3, 0.4) is 0 Å². The van der Waals surface area contributed by atoms with Crippen molar-refractivity contribution in [1.82, 2.24) is 15.5 Å². The number of hydrogen-bond acceptors (Lipinski definition) is 6. The fourth-order valence-corrected chi connectivity index (χ4v) is 2.67. The third-order valence-electron chi connectivity index (χ3n) is 3.41. The number of aromatic nitrogens is 2. The zero-order valence-corrected chi connectivity index (χ0v) is 15.1. The quantitative estimate of drug-likeness (QED) is 0.588. The van der Waals surface area contributed by atoms with E-state index in [0.29, 0.717) is 11.3 Å². The molecule has 0 saturated carbocycles.